The lowest BCUT2D eigenvalue weighted by molar-refractivity contribution is 0.453. The third-order valence-electron chi connectivity index (χ3n) is 3.61. The van der Waals surface area contributed by atoms with Crippen LogP contribution in [0.15, 0.2) is 18.2 Å². The van der Waals surface area contributed by atoms with E-state index in [1.165, 1.54) is 23.9 Å². The van der Waals surface area contributed by atoms with Crippen molar-refractivity contribution in [2.24, 2.45) is 7.05 Å². The lowest BCUT2D eigenvalue weighted by Crippen LogP contribution is -2.28. The molecule has 4 nitrogen and oxygen atoms in total. The number of aryl methyl sites for hydroxylation is 1. The Morgan fingerprint density at radius 2 is 2.35 bits per heavy atom. The molecule has 3 rings (SSSR count). The number of anilines is 1. The van der Waals surface area contributed by atoms with E-state index in [0.29, 0.717) is 5.92 Å². The number of fused-ring (bicyclic) bond motifs is 1. The van der Waals surface area contributed by atoms with Gasteiger partial charge in [-0.25, -0.2) is 0 Å². The zero-order valence-electron chi connectivity index (χ0n) is 10.1. The second-order valence-electron chi connectivity index (χ2n) is 4.80. The maximum Gasteiger partial charge on any atom is 0.0911 e. The molecule has 0 radical (unpaired) electrons. The highest BCUT2D eigenvalue weighted by molar-refractivity contribution is 5.92. The van der Waals surface area contributed by atoms with Crippen LogP contribution < -0.4 is 11.1 Å². The molecule has 2 aromatic rings. The summed E-state index contributed by atoms with van der Waals surface area (Å²) in [6.45, 7) is 2.16. The van der Waals surface area contributed by atoms with Gasteiger partial charge in [0, 0.05) is 24.9 Å². The van der Waals surface area contributed by atoms with Crippen LogP contribution in [0.2, 0.25) is 0 Å². The van der Waals surface area contributed by atoms with E-state index >= 15 is 0 Å². The molecular weight excluding hydrogens is 212 g/mol. The molecule has 1 aliphatic heterocycles. The maximum atomic E-state index is 6.02. The standard InChI is InChI=1S/C13H18N4/c1-17-13-10(5-2-6-11(13)14)12(16-17)9-4-3-7-15-8-9/h2,5-6,9,15H,3-4,7-8,14H2,1H3. The summed E-state index contributed by atoms with van der Waals surface area (Å²) in [5.74, 6) is 0.522. The van der Waals surface area contributed by atoms with Crippen LogP contribution in [0.3, 0.4) is 0 Å². The quantitative estimate of drug-likeness (QED) is 0.732. The number of rotatable bonds is 1. The summed E-state index contributed by atoms with van der Waals surface area (Å²) in [7, 11) is 1.97. The molecule has 4 heteroatoms. The van der Waals surface area contributed by atoms with Gasteiger partial charge in [-0.3, -0.25) is 4.68 Å². The van der Waals surface area contributed by atoms with Crippen molar-refractivity contribution in [3.8, 4) is 0 Å². The van der Waals surface area contributed by atoms with Crippen LogP contribution in [-0.4, -0.2) is 22.9 Å². The van der Waals surface area contributed by atoms with Crippen LogP contribution in [0, 0.1) is 0 Å². The van der Waals surface area contributed by atoms with E-state index in [1.54, 1.807) is 0 Å². The molecule has 1 aromatic carbocycles. The van der Waals surface area contributed by atoms with E-state index in [1.807, 2.05) is 23.9 Å². The summed E-state index contributed by atoms with van der Waals surface area (Å²) < 4.78 is 1.91. The van der Waals surface area contributed by atoms with Crippen molar-refractivity contribution in [2.75, 3.05) is 18.8 Å². The number of nitrogen functional groups attached to an aromatic ring is 1. The molecule has 1 atom stereocenters. The van der Waals surface area contributed by atoms with Crippen LogP contribution in [0.25, 0.3) is 10.9 Å². The Bertz CT molecular complexity index is 538. The summed E-state index contributed by atoms with van der Waals surface area (Å²) in [6, 6.07) is 6.08. The van der Waals surface area contributed by atoms with Crippen molar-refractivity contribution in [3.63, 3.8) is 0 Å². The number of piperidine rings is 1. The smallest absolute Gasteiger partial charge is 0.0911 e. The number of hydrogen-bond donors (Lipinski definition) is 2. The van der Waals surface area contributed by atoms with Gasteiger partial charge in [0.15, 0.2) is 0 Å². The molecule has 0 amide bonds. The summed E-state index contributed by atoms with van der Waals surface area (Å²) in [6.07, 6.45) is 2.44. The Kier molecular flexibility index (Phi) is 2.52. The largest absolute Gasteiger partial charge is 0.397 e. The second kappa shape index (κ2) is 4.04. The molecule has 3 N–H and O–H groups in total. The van der Waals surface area contributed by atoms with Crippen LogP contribution >= 0.6 is 0 Å². The zero-order chi connectivity index (χ0) is 11.8. The Balaban J connectivity index is 2.13. The summed E-state index contributed by atoms with van der Waals surface area (Å²) in [4.78, 5) is 0. The molecule has 0 bridgehead atoms. The number of nitrogens with two attached hydrogens (primary N) is 1. The van der Waals surface area contributed by atoms with Crippen LogP contribution in [0.5, 0.6) is 0 Å². The van der Waals surface area contributed by atoms with E-state index in [9.17, 15) is 0 Å². The Labute approximate surface area is 101 Å². The van der Waals surface area contributed by atoms with E-state index in [-0.39, 0.29) is 0 Å². The first-order valence-electron chi connectivity index (χ1n) is 6.19. The molecule has 1 saturated heterocycles. The lowest BCUT2D eigenvalue weighted by Gasteiger charge is -2.21. The first-order chi connectivity index (χ1) is 8.27. The van der Waals surface area contributed by atoms with Crippen molar-refractivity contribution >= 4 is 16.6 Å². The molecule has 17 heavy (non-hydrogen) atoms. The Morgan fingerprint density at radius 1 is 1.47 bits per heavy atom. The summed E-state index contributed by atoms with van der Waals surface area (Å²) in [5, 5.41) is 9.32. The average Bonchev–Trinajstić information content (AvgIpc) is 2.69. The maximum absolute atomic E-state index is 6.02. The predicted octanol–water partition coefficient (Wildman–Crippen LogP) is 1.62. The normalized spacial score (nSPS) is 20.9. The summed E-state index contributed by atoms with van der Waals surface area (Å²) in [5.41, 5.74) is 9.10. The minimum absolute atomic E-state index is 0.522. The topological polar surface area (TPSA) is 55.9 Å². The predicted molar refractivity (Wildman–Crippen MR) is 70.0 cm³/mol. The second-order valence-corrected chi connectivity index (χ2v) is 4.80. The molecule has 0 aliphatic carbocycles. The molecule has 1 aromatic heterocycles. The highest BCUT2D eigenvalue weighted by atomic mass is 15.3. The molecule has 2 heterocycles. The zero-order valence-corrected chi connectivity index (χ0v) is 10.1. The number of hydrogen-bond acceptors (Lipinski definition) is 3. The number of nitrogens with zero attached hydrogens (tertiary/aromatic N) is 2. The minimum atomic E-state index is 0.522. The van der Waals surface area contributed by atoms with Gasteiger partial charge >= 0.3 is 0 Å². The van der Waals surface area contributed by atoms with Gasteiger partial charge in [-0.2, -0.15) is 5.10 Å². The SMILES string of the molecule is Cn1nc(C2CCCNC2)c2cccc(N)c21. The van der Waals surface area contributed by atoms with Gasteiger partial charge in [-0.15, -0.1) is 0 Å². The van der Waals surface area contributed by atoms with Gasteiger partial charge < -0.3 is 11.1 Å². The highest BCUT2D eigenvalue weighted by Crippen LogP contribution is 2.31. The molecule has 90 valence electrons. The van der Waals surface area contributed by atoms with Gasteiger partial charge in [-0.1, -0.05) is 12.1 Å². The van der Waals surface area contributed by atoms with Crippen LogP contribution in [0.1, 0.15) is 24.5 Å². The number of para-hydroxylation sites is 1. The van der Waals surface area contributed by atoms with Gasteiger partial charge in [0.25, 0.3) is 0 Å². The molecule has 1 unspecified atom stereocenters. The van der Waals surface area contributed by atoms with Crippen LogP contribution in [-0.2, 0) is 7.05 Å². The van der Waals surface area contributed by atoms with E-state index < -0.39 is 0 Å². The molecule has 0 saturated carbocycles. The Hall–Kier alpha value is -1.55. The van der Waals surface area contributed by atoms with Gasteiger partial charge in [-0.05, 0) is 25.5 Å². The van der Waals surface area contributed by atoms with Crippen molar-refractivity contribution in [1.82, 2.24) is 15.1 Å². The Morgan fingerprint density at radius 3 is 3.12 bits per heavy atom. The first-order valence-corrected chi connectivity index (χ1v) is 6.19. The minimum Gasteiger partial charge on any atom is -0.397 e. The third-order valence-corrected chi connectivity index (χ3v) is 3.61. The van der Waals surface area contributed by atoms with Gasteiger partial charge in [0.1, 0.15) is 0 Å². The van der Waals surface area contributed by atoms with E-state index in [0.717, 1.165) is 24.3 Å². The number of nitrogens with one attached hydrogen (secondary N) is 1. The average molecular weight is 230 g/mol. The fourth-order valence-electron chi connectivity index (χ4n) is 2.78. The van der Waals surface area contributed by atoms with Gasteiger partial charge in [0.05, 0.1) is 16.9 Å². The highest BCUT2D eigenvalue weighted by Gasteiger charge is 2.21. The van der Waals surface area contributed by atoms with Crippen molar-refractivity contribution in [2.45, 2.75) is 18.8 Å². The third kappa shape index (κ3) is 1.69. The van der Waals surface area contributed by atoms with E-state index in [2.05, 4.69) is 16.5 Å². The molecule has 1 aliphatic rings. The lowest BCUT2D eigenvalue weighted by atomic mass is 9.94. The van der Waals surface area contributed by atoms with E-state index in [4.69, 9.17) is 5.73 Å². The van der Waals surface area contributed by atoms with Crippen molar-refractivity contribution in [3.05, 3.63) is 23.9 Å². The molecule has 1 fully saturated rings. The monoisotopic (exact) mass is 230 g/mol. The number of benzene rings is 1. The first kappa shape index (κ1) is 10.6. The van der Waals surface area contributed by atoms with Crippen molar-refractivity contribution in [1.29, 1.82) is 0 Å². The fourth-order valence-corrected chi connectivity index (χ4v) is 2.78. The fraction of sp³-hybridized carbons (Fsp3) is 0.462. The van der Waals surface area contributed by atoms with Crippen molar-refractivity contribution < 1.29 is 0 Å². The summed E-state index contributed by atoms with van der Waals surface area (Å²) >= 11 is 0. The molecular formula is C13H18N4. The molecule has 0 spiro atoms. The number of aromatic nitrogens is 2. The van der Waals surface area contributed by atoms with Gasteiger partial charge in [0.2, 0.25) is 0 Å². The van der Waals surface area contributed by atoms with Crippen LogP contribution in [0.4, 0.5) is 5.69 Å².